The Hall–Kier alpha value is -3.28. The highest BCUT2D eigenvalue weighted by Crippen LogP contribution is 2.35. The third-order valence-electron chi connectivity index (χ3n) is 5.85. The maximum absolute atomic E-state index is 11.9. The predicted octanol–water partition coefficient (Wildman–Crippen LogP) is 3.54. The van der Waals surface area contributed by atoms with Crippen LogP contribution >= 0.6 is 0 Å². The molecule has 0 radical (unpaired) electrons. The average molecular weight is 385 g/mol. The Balaban J connectivity index is 1.55. The minimum absolute atomic E-state index is 0.0767. The minimum atomic E-state index is 0.0767. The molecule has 1 amide bonds. The van der Waals surface area contributed by atoms with Gasteiger partial charge in [-0.05, 0) is 42.5 Å². The van der Waals surface area contributed by atoms with Gasteiger partial charge in [-0.2, -0.15) is 0 Å². The zero-order valence-electron chi connectivity index (χ0n) is 16.4. The van der Waals surface area contributed by atoms with Crippen LogP contribution in [-0.4, -0.2) is 32.3 Å². The summed E-state index contributed by atoms with van der Waals surface area (Å²) in [5, 5.41) is 3.70. The molecule has 2 aliphatic rings. The van der Waals surface area contributed by atoms with Crippen molar-refractivity contribution in [1.29, 1.82) is 0 Å². The number of nitrogens with one attached hydrogen (secondary N) is 1. The molecule has 146 valence electrons. The molecule has 0 saturated carbocycles. The van der Waals surface area contributed by atoms with Crippen LogP contribution in [0.1, 0.15) is 41.8 Å². The molecular formula is C23H23N5O. The number of anilines is 1. The zero-order chi connectivity index (χ0) is 19.8. The van der Waals surface area contributed by atoms with Gasteiger partial charge in [-0.25, -0.2) is 9.97 Å². The molecule has 2 aromatic heterocycles. The molecule has 6 nitrogen and oxygen atoms in total. The van der Waals surface area contributed by atoms with Crippen molar-refractivity contribution in [3.05, 3.63) is 71.0 Å². The highest BCUT2D eigenvalue weighted by Gasteiger charge is 2.27. The Kier molecular flexibility index (Phi) is 4.46. The first kappa shape index (κ1) is 17.8. The van der Waals surface area contributed by atoms with E-state index in [1.54, 1.807) is 13.1 Å². The van der Waals surface area contributed by atoms with Crippen molar-refractivity contribution in [2.45, 2.75) is 38.8 Å². The molecule has 29 heavy (non-hydrogen) atoms. The number of carbonyl (C=O) groups is 1. The molecular weight excluding hydrogens is 362 g/mol. The number of aromatic nitrogens is 3. The van der Waals surface area contributed by atoms with Crippen molar-refractivity contribution in [2.24, 2.45) is 0 Å². The summed E-state index contributed by atoms with van der Waals surface area (Å²) in [5.74, 6) is 1.55. The quantitative estimate of drug-likeness (QED) is 0.747. The van der Waals surface area contributed by atoms with Crippen LogP contribution in [0.15, 0.2) is 48.7 Å². The maximum Gasteiger partial charge on any atom is 0.219 e. The highest BCUT2D eigenvalue weighted by molar-refractivity contribution is 5.74. The Morgan fingerprint density at radius 2 is 1.97 bits per heavy atom. The molecule has 0 spiro atoms. The zero-order valence-corrected chi connectivity index (χ0v) is 16.4. The number of fused-ring (bicyclic) bond motifs is 2. The molecule has 3 heterocycles. The Labute approximate surface area is 170 Å². The van der Waals surface area contributed by atoms with Crippen LogP contribution in [-0.2, 0) is 24.2 Å². The summed E-state index contributed by atoms with van der Waals surface area (Å²) in [6.07, 6.45) is 4.64. The molecule has 1 atom stereocenters. The first-order valence-electron chi connectivity index (χ1n) is 10.1. The Morgan fingerprint density at radius 3 is 2.79 bits per heavy atom. The second kappa shape index (κ2) is 7.28. The van der Waals surface area contributed by atoms with E-state index in [2.05, 4.69) is 34.6 Å². The van der Waals surface area contributed by atoms with Gasteiger partial charge in [0.25, 0.3) is 0 Å². The standard InChI is InChI=1S/C23H23N5O/c1-15(29)28-13-11-18-21(14-28)26-23(20-8-4-5-12-24-20)27-22(18)25-19-10-9-16-6-2-3-7-17(16)19/h2-8,12,19H,9-11,13-14H2,1H3,(H,25,26,27)/t19-/m0/s1. The molecule has 3 aromatic rings. The number of hydrogen-bond donors (Lipinski definition) is 1. The van der Waals surface area contributed by atoms with E-state index < -0.39 is 0 Å². The normalized spacial score (nSPS) is 17.6. The van der Waals surface area contributed by atoms with Crippen LogP contribution in [0.2, 0.25) is 0 Å². The van der Waals surface area contributed by atoms with Gasteiger partial charge in [0.05, 0.1) is 18.3 Å². The number of rotatable bonds is 3. The van der Waals surface area contributed by atoms with E-state index in [-0.39, 0.29) is 11.9 Å². The van der Waals surface area contributed by atoms with E-state index in [9.17, 15) is 4.79 Å². The monoisotopic (exact) mass is 385 g/mol. The molecule has 0 bridgehead atoms. The molecule has 0 unspecified atom stereocenters. The average Bonchev–Trinajstić information content (AvgIpc) is 3.16. The van der Waals surface area contributed by atoms with E-state index in [0.29, 0.717) is 18.9 Å². The Morgan fingerprint density at radius 1 is 1.10 bits per heavy atom. The van der Waals surface area contributed by atoms with Crippen molar-refractivity contribution in [1.82, 2.24) is 19.9 Å². The molecule has 1 aliphatic carbocycles. The topological polar surface area (TPSA) is 71.0 Å². The van der Waals surface area contributed by atoms with E-state index in [0.717, 1.165) is 42.0 Å². The molecule has 1 N–H and O–H groups in total. The smallest absolute Gasteiger partial charge is 0.219 e. The number of amides is 1. The van der Waals surface area contributed by atoms with E-state index >= 15 is 0 Å². The molecule has 0 saturated heterocycles. The lowest BCUT2D eigenvalue weighted by atomic mass is 10.0. The summed E-state index contributed by atoms with van der Waals surface area (Å²) in [5.41, 5.74) is 5.52. The fraction of sp³-hybridized carbons (Fsp3) is 0.304. The third kappa shape index (κ3) is 3.35. The van der Waals surface area contributed by atoms with Crippen molar-refractivity contribution >= 4 is 11.7 Å². The number of nitrogens with zero attached hydrogens (tertiary/aromatic N) is 4. The summed E-state index contributed by atoms with van der Waals surface area (Å²) < 4.78 is 0. The van der Waals surface area contributed by atoms with Crippen LogP contribution in [0, 0.1) is 0 Å². The maximum atomic E-state index is 11.9. The van der Waals surface area contributed by atoms with Gasteiger partial charge in [0.2, 0.25) is 5.91 Å². The fourth-order valence-electron chi connectivity index (χ4n) is 4.30. The number of carbonyl (C=O) groups excluding carboxylic acids is 1. The first-order valence-corrected chi connectivity index (χ1v) is 10.1. The van der Waals surface area contributed by atoms with Gasteiger partial charge >= 0.3 is 0 Å². The van der Waals surface area contributed by atoms with Gasteiger partial charge in [-0.3, -0.25) is 9.78 Å². The van der Waals surface area contributed by atoms with Crippen LogP contribution in [0.25, 0.3) is 11.5 Å². The lowest BCUT2D eigenvalue weighted by Crippen LogP contribution is -2.35. The van der Waals surface area contributed by atoms with Gasteiger partial charge in [0.15, 0.2) is 5.82 Å². The van der Waals surface area contributed by atoms with Crippen molar-refractivity contribution < 1.29 is 4.79 Å². The molecule has 1 aromatic carbocycles. The third-order valence-corrected chi connectivity index (χ3v) is 5.85. The van der Waals surface area contributed by atoms with Crippen LogP contribution < -0.4 is 5.32 Å². The molecule has 0 fully saturated rings. The summed E-state index contributed by atoms with van der Waals surface area (Å²) >= 11 is 0. The second-order valence-corrected chi connectivity index (χ2v) is 7.66. The van der Waals surface area contributed by atoms with Crippen molar-refractivity contribution in [2.75, 3.05) is 11.9 Å². The van der Waals surface area contributed by atoms with Crippen LogP contribution in [0.4, 0.5) is 5.82 Å². The number of hydrogen-bond acceptors (Lipinski definition) is 5. The van der Waals surface area contributed by atoms with Gasteiger partial charge in [0.1, 0.15) is 11.5 Å². The SMILES string of the molecule is CC(=O)N1CCc2c(nc(-c3ccccn3)nc2N[C@H]2CCc3ccccc32)C1. The number of pyridine rings is 1. The van der Waals surface area contributed by atoms with Gasteiger partial charge in [-0.15, -0.1) is 0 Å². The lowest BCUT2D eigenvalue weighted by Gasteiger charge is -2.29. The summed E-state index contributed by atoms with van der Waals surface area (Å²) in [4.78, 5) is 27.8. The fourth-order valence-corrected chi connectivity index (χ4v) is 4.30. The molecule has 6 heteroatoms. The van der Waals surface area contributed by atoms with Crippen LogP contribution in [0.3, 0.4) is 0 Å². The lowest BCUT2D eigenvalue weighted by molar-refractivity contribution is -0.129. The highest BCUT2D eigenvalue weighted by atomic mass is 16.2. The number of benzene rings is 1. The minimum Gasteiger partial charge on any atom is -0.363 e. The number of aryl methyl sites for hydroxylation is 1. The molecule has 5 rings (SSSR count). The summed E-state index contributed by atoms with van der Waals surface area (Å²) in [7, 11) is 0. The largest absolute Gasteiger partial charge is 0.363 e. The summed E-state index contributed by atoms with van der Waals surface area (Å²) in [6, 6.07) is 14.6. The van der Waals surface area contributed by atoms with Gasteiger partial charge in [-0.1, -0.05) is 30.3 Å². The first-order chi connectivity index (χ1) is 14.2. The second-order valence-electron chi connectivity index (χ2n) is 7.66. The van der Waals surface area contributed by atoms with Gasteiger partial charge in [0, 0.05) is 25.2 Å². The van der Waals surface area contributed by atoms with Gasteiger partial charge < -0.3 is 10.2 Å². The van der Waals surface area contributed by atoms with E-state index in [4.69, 9.17) is 9.97 Å². The Bertz CT molecular complexity index is 1070. The predicted molar refractivity (Wildman–Crippen MR) is 111 cm³/mol. The van der Waals surface area contributed by atoms with E-state index in [1.165, 1.54) is 11.1 Å². The van der Waals surface area contributed by atoms with Crippen molar-refractivity contribution in [3.8, 4) is 11.5 Å². The van der Waals surface area contributed by atoms with E-state index in [1.807, 2.05) is 23.1 Å². The van der Waals surface area contributed by atoms with Crippen LogP contribution in [0.5, 0.6) is 0 Å². The van der Waals surface area contributed by atoms with Crippen molar-refractivity contribution in [3.63, 3.8) is 0 Å². The summed E-state index contributed by atoms with van der Waals surface area (Å²) in [6.45, 7) is 2.83. The molecule has 1 aliphatic heterocycles.